The fraction of sp³-hybridized carbons (Fsp3) is 0.700. The molecule has 0 unspecified atom stereocenters. The molecule has 0 spiro atoms. The van der Waals surface area contributed by atoms with Crippen molar-refractivity contribution in [3.8, 4) is 0 Å². The van der Waals surface area contributed by atoms with Crippen LogP contribution in [0.4, 0.5) is 0 Å². The normalized spacial score (nSPS) is 22.0. The Morgan fingerprint density at radius 3 is 1.55 bits per heavy atom. The molecule has 2 saturated carbocycles. The molecule has 1 aromatic carbocycles. The SMILES string of the molecule is c1cc(CC2CCCCC2)cc(CC2CCCCC2)c1. The lowest BCUT2D eigenvalue weighted by molar-refractivity contribution is 0.353. The summed E-state index contributed by atoms with van der Waals surface area (Å²) in [6.07, 6.45) is 17.3. The largest absolute Gasteiger partial charge is 0.0617 e. The minimum atomic E-state index is 0.966. The van der Waals surface area contributed by atoms with Crippen LogP contribution in [0.3, 0.4) is 0 Å². The topological polar surface area (TPSA) is 0 Å². The van der Waals surface area contributed by atoms with Crippen LogP contribution in [0, 0.1) is 11.8 Å². The summed E-state index contributed by atoms with van der Waals surface area (Å²) >= 11 is 0. The molecule has 0 radical (unpaired) electrons. The van der Waals surface area contributed by atoms with Crippen molar-refractivity contribution in [2.45, 2.75) is 77.0 Å². The van der Waals surface area contributed by atoms with E-state index >= 15 is 0 Å². The highest BCUT2D eigenvalue weighted by atomic mass is 14.2. The molecule has 20 heavy (non-hydrogen) atoms. The monoisotopic (exact) mass is 270 g/mol. The highest BCUT2D eigenvalue weighted by Crippen LogP contribution is 2.29. The van der Waals surface area contributed by atoms with Crippen molar-refractivity contribution in [2.24, 2.45) is 11.8 Å². The summed E-state index contributed by atoms with van der Waals surface area (Å²) in [6.45, 7) is 0. The molecule has 0 nitrogen and oxygen atoms in total. The smallest absolute Gasteiger partial charge is 0.0250 e. The molecule has 1 aromatic rings. The van der Waals surface area contributed by atoms with Crippen molar-refractivity contribution in [3.63, 3.8) is 0 Å². The fourth-order valence-electron chi connectivity index (χ4n) is 4.33. The lowest BCUT2D eigenvalue weighted by atomic mass is 9.83. The van der Waals surface area contributed by atoms with E-state index in [1.807, 2.05) is 0 Å². The predicted molar refractivity (Wildman–Crippen MR) is 87.0 cm³/mol. The van der Waals surface area contributed by atoms with Crippen LogP contribution in [0.2, 0.25) is 0 Å². The molecule has 0 aromatic heterocycles. The van der Waals surface area contributed by atoms with Crippen LogP contribution in [0.5, 0.6) is 0 Å². The third-order valence-electron chi connectivity index (χ3n) is 5.49. The van der Waals surface area contributed by atoms with Crippen LogP contribution < -0.4 is 0 Å². The zero-order chi connectivity index (χ0) is 13.6. The van der Waals surface area contributed by atoms with Crippen molar-refractivity contribution >= 4 is 0 Å². The number of benzene rings is 1. The van der Waals surface area contributed by atoms with Gasteiger partial charge in [-0.2, -0.15) is 0 Å². The van der Waals surface area contributed by atoms with Gasteiger partial charge in [0, 0.05) is 0 Å². The van der Waals surface area contributed by atoms with Crippen LogP contribution in [0.15, 0.2) is 24.3 Å². The molecule has 0 amide bonds. The molecule has 0 atom stereocenters. The standard InChI is InChI=1S/C20H30/c1-3-8-17(9-4-1)14-19-12-7-13-20(16-19)15-18-10-5-2-6-11-18/h7,12-13,16-18H,1-6,8-11,14-15H2. The fourth-order valence-corrected chi connectivity index (χ4v) is 4.33. The average molecular weight is 270 g/mol. The molecule has 0 bridgehead atoms. The molecule has 0 heteroatoms. The summed E-state index contributed by atoms with van der Waals surface area (Å²) in [5, 5.41) is 0. The van der Waals surface area contributed by atoms with Crippen molar-refractivity contribution in [2.75, 3.05) is 0 Å². The lowest BCUT2D eigenvalue weighted by Gasteiger charge is -2.23. The van der Waals surface area contributed by atoms with Gasteiger partial charge in [0.25, 0.3) is 0 Å². The first-order chi connectivity index (χ1) is 9.90. The van der Waals surface area contributed by atoms with Gasteiger partial charge in [0.05, 0.1) is 0 Å². The van der Waals surface area contributed by atoms with Crippen molar-refractivity contribution < 1.29 is 0 Å². The van der Waals surface area contributed by atoms with E-state index in [9.17, 15) is 0 Å². The highest BCUT2D eigenvalue weighted by molar-refractivity contribution is 5.24. The van der Waals surface area contributed by atoms with E-state index < -0.39 is 0 Å². The molecule has 2 aliphatic carbocycles. The van der Waals surface area contributed by atoms with E-state index in [1.54, 1.807) is 11.1 Å². The second kappa shape index (κ2) is 7.29. The summed E-state index contributed by atoms with van der Waals surface area (Å²) in [6, 6.07) is 9.54. The van der Waals surface area contributed by atoms with E-state index in [0.29, 0.717) is 0 Å². The number of hydrogen-bond donors (Lipinski definition) is 0. The molecule has 0 N–H and O–H groups in total. The van der Waals surface area contributed by atoms with Gasteiger partial charge in [0.2, 0.25) is 0 Å². The lowest BCUT2D eigenvalue weighted by Crippen LogP contribution is -2.11. The third-order valence-corrected chi connectivity index (χ3v) is 5.49. The Labute approximate surface area is 125 Å². The summed E-state index contributed by atoms with van der Waals surface area (Å²) in [4.78, 5) is 0. The average Bonchev–Trinajstić information content (AvgIpc) is 2.50. The summed E-state index contributed by atoms with van der Waals surface area (Å²) in [5.41, 5.74) is 3.20. The number of hydrogen-bond acceptors (Lipinski definition) is 0. The first-order valence-corrected chi connectivity index (χ1v) is 8.98. The van der Waals surface area contributed by atoms with Gasteiger partial charge >= 0.3 is 0 Å². The van der Waals surface area contributed by atoms with Gasteiger partial charge in [-0.3, -0.25) is 0 Å². The Morgan fingerprint density at radius 1 is 0.650 bits per heavy atom. The Balaban J connectivity index is 1.57. The minimum absolute atomic E-state index is 0.966. The third kappa shape index (κ3) is 4.11. The Morgan fingerprint density at radius 2 is 1.10 bits per heavy atom. The Bertz CT molecular complexity index is 359. The Hall–Kier alpha value is -0.780. The van der Waals surface area contributed by atoms with Gasteiger partial charge in [0.1, 0.15) is 0 Å². The molecule has 2 fully saturated rings. The van der Waals surface area contributed by atoms with Crippen LogP contribution in [0.25, 0.3) is 0 Å². The van der Waals surface area contributed by atoms with Gasteiger partial charge in [-0.1, -0.05) is 88.5 Å². The first-order valence-electron chi connectivity index (χ1n) is 8.98. The molecule has 110 valence electrons. The maximum Gasteiger partial charge on any atom is -0.0250 e. The van der Waals surface area contributed by atoms with Crippen molar-refractivity contribution in [1.82, 2.24) is 0 Å². The molecular weight excluding hydrogens is 240 g/mol. The second-order valence-electron chi connectivity index (χ2n) is 7.24. The molecular formula is C20H30. The maximum absolute atomic E-state index is 2.52. The first kappa shape index (κ1) is 14.2. The van der Waals surface area contributed by atoms with Gasteiger partial charge < -0.3 is 0 Å². The summed E-state index contributed by atoms with van der Waals surface area (Å²) in [7, 11) is 0. The van der Waals surface area contributed by atoms with Gasteiger partial charge in [-0.25, -0.2) is 0 Å². The predicted octanol–water partition coefficient (Wildman–Crippen LogP) is 5.93. The van der Waals surface area contributed by atoms with Crippen LogP contribution in [-0.2, 0) is 12.8 Å². The van der Waals surface area contributed by atoms with Crippen LogP contribution >= 0.6 is 0 Å². The van der Waals surface area contributed by atoms with Crippen molar-refractivity contribution in [1.29, 1.82) is 0 Å². The van der Waals surface area contributed by atoms with E-state index in [1.165, 1.54) is 77.0 Å². The molecule has 3 rings (SSSR count). The summed E-state index contributed by atoms with van der Waals surface area (Å²) < 4.78 is 0. The van der Waals surface area contributed by atoms with Crippen LogP contribution in [-0.4, -0.2) is 0 Å². The van der Waals surface area contributed by atoms with Gasteiger partial charge in [-0.15, -0.1) is 0 Å². The molecule has 2 aliphatic rings. The summed E-state index contributed by atoms with van der Waals surface area (Å²) in [5.74, 6) is 1.93. The Kier molecular flexibility index (Phi) is 5.17. The quantitative estimate of drug-likeness (QED) is 0.636. The van der Waals surface area contributed by atoms with Crippen LogP contribution in [0.1, 0.15) is 75.3 Å². The minimum Gasteiger partial charge on any atom is -0.0617 e. The molecule has 0 saturated heterocycles. The molecule has 0 heterocycles. The zero-order valence-electron chi connectivity index (χ0n) is 12.9. The number of rotatable bonds is 4. The highest BCUT2D eigenvalue weighted by Gasteiger charge is 2.16. The van der Waals surface area contributed by atoms with Crippen molar-refractivity contribution in [3.05, 3.63) is 35.4 Å². The zero-order valence-corrected chi connectivity index (χ0v) is 12.9. The van der Waals surface area contributed by atoms with Gasteiger partial charge in [0.15, 0.2) is 0 Å². The van der Waals surface area contributed by atoms with E-state index in [4.69, 9.17) is 0 Å². The molecule has 0 aliphatic heterocycles. The second-order valence-corrected chi connectivity index (χ2v) is 7.24. The van der Waals surface area contributed by atoms with E-state index in [-0.39, 0.29) is 0 Å². The van der Waals surface area contributed by atoms with E-state index in [0.717, 1.165) is 11.8 Å². The maximum atomic E-state index is 2.52. The van der Waals surface area contributed by atoms with Gasteiger partial charge in [-0.05, 0) is 35.8 Å². The van der Waals surface area contributed by atoms with E-state index in [2.05, 4.69) is 24.3 Å².